The van der Waals surface area contributed by atoms with Gasteiger partial charge in [0.2, 0.25) is 0 Å². The second-order valence-corrected chi connectivity index (χ2v) is 13.4. The van der Waals surface area contributed by atoms with Gasteiger partial charge >= 0.3 is 0 Å². The van der Waals surface area contributed by atoms with Gasteiger partial charge in [-0.15, -0.1) is 22.7 Å². The molecule has 0 bridgehead atoms. The molecule has 0 radical (unpaired) electrons. The van der Waals surface area contributed by atoms with Crippen LogP contribution in [0.5, 0.6) is 0 Å². The van der Waals surface area contributed by atoms with Crippen LogP contribution in [0, 0.1) is 17.9 Å². The van der Waals surface area contributed by atoms with Crippen molar-refractivity contribution in [2.24, 2.45) is 0 Å². The van der Waals surface area contributed by atoms with Crippen LogP contribution < -0.4 is 4.90 Å². The Morgan fingerprint density at radius 2 is 1.54 bits per heavy atom. The van der Waals surface area contributed by atoms with Gasteiger partial charge in [-0.25, -0.2) is 10.1 Å². The molecule has 0 saturated heterocycles. The smallest absolute Gasteiger partial charge is 0.263 e. The lowest BCUT2D eigenvalue weighted by Gasteiger charge is -2.42. The third-order valence-electron chi connectivity index (χ3n) is 8.34. The van der Waals surface area contributed by atoms with Crippen LogP contribution in [0.2, 0.25) is 0 Å². The van der Waals surface area contributed by atoms with Gasteiger partial charge in [-0.2, -0.15) is 0 Å². The van der Waals surface area contributed by atoms with E-state index in [0.29, 0.717) is 0 Å². The summed E-state index contributed by atoms with van der Waals surface area (Å²) >= 11 is 3.50. The Bertz CT molecular complexity index is 1890. The van der Waals surface area contributed by atoms with Gasteiger partial charge in [0.25, 0.3) is 5.70 Å². The van der Waals surface area contributed by atoms with E-state index >= 15 is 0 Å². The van der Waals surface area contributed by atoms with Crippen molar-refractivity contribution < 1.29 is 0 Å². The lowest BCUT2D eigenvalue weighted by atomic mass is 9.73. The number of rotatable bonds is 2. The number of fused-ring (bicyclic) bond motifs is 7. The molecule has 1 aliphatic carbocycles. The molecule has 0 amide bonds. The fourth-order valence-corrected chi connectivity index (χ4v) is 9.37. The molecule has 2 aromatic heterocycles. The third-order valence-corrected chi connectivity index (χ3v) is 10.7. The molecule has 2 aliphatic rings. The first-order chi connectivity index (χ1) is 18.8. The Hall–Kier alpha value is -4.16. The number of allylic oxidation sites excluding steroid dienone is 1. The molecule has 0 saturated carbocycles. The molecule has 188 valence electrons. The summed E-state index contributed by atoms with van der Waals surface area (Å²) in [5.41, 5.74) is 10.2. The maximum atomic E-state index is 9.23. The minimum atomic E-state index is -0.170. The van der Waals surface area contributed by atoms with Crippen LogP contribution >= 0.6 is 22.7 Å². The number of hydrogen-bond donors (Lipinski definition) is 0. The maximum absolute atomic E-state index is 9.23. The van der Waals surface area contributed by atoms with Crippen molar-refractivity contribution in [2.75, 3.05) is 4.90 Å². The van der Waals surface area contributed by atoms with Gasteiger partial charge in [-0.3, -0.25) is 0 Å². The van der Waals surface area contributed by atoms with E-state index in [1.54, 1.807) is 17.4 Å². The molecule has 39 heavy (non-hydrogen) atoms. The molecule has 0 fully saturated rings. The molecule has 3 aromatic carbocycles. The molecule has 3 nitrogen and oxygen atoms in total. The third kappa shape index (κ3) is 3.24. The van der Waals surface area contributed by atoms with E-state index in [-0.39, 0.29) is 16.5 Å². The minimum absolute atomic E-state index is 0.0839. The lowest BCUT2D eigenvalue weighted by molar-refractivity contribution is 0.631. The van der Waals surface area contributed by atoms with E-state index < -0.39 is 0 Å². The first-order valence-corrected chi connectivity index (χ1v) is 14.6. The summed E-state index contributed by atoms with van der Waals surface area (Å²) in [5.74, 6) is 0. The van der Waals surface area contributed by atoms with Crippen molar-refractivity contribution in [1.82, 2.24) is 0 Å². The van der Waals surface area contributed by atoms with Crippen molar-refractivity contribution >= 4 is 55.2 Å². The van der Waals surface area contributed by atoms with Crippen LogP contribution in [0.4, 0.5) is 17.1 Å². The van der Waals surface area contributed by atoms with E-state index in [2.05, 4.69) is 110 Å². The maximum Gasteiger partial charge on any atom is 0.263 e. The Labute approximate surface area is 236 Å². The Morgan fingerprint density at radius 3 is 2.18 bits per heavy atom. The van der Waals surface area contributed by atoms with E-state index in [4.69, 9.17) is 6.57 Å². The fraction of sp³-hybridized carbons (Fsp3) is 0.176. The molecule has 0 unspecified atom stereocenters. The van der Waals surface area contributed by atoms with Crippen LogP contribution in [0.15, 0.2) is 78.5 Å². The summed E-state index contributed by atoms with van der Waals surface area (Å²) < 4.78 is 2.49. The molecular formula is C34H25N3S2. The molecule has 3 heterocycles. The quantitative estimate of drug-likeness (QED) is 0.165. The van der Waals surface area contributed by atoms with Crippen LogP contribution in [0.25, 0.3) is 30.8 Å². The predicted octanol–water partition coefficient (Wildman–Crippen LogP) is 10.2. The average Bonchev–Trinajstić information content (AvgIpc) is 3.55. The standard InChI is InChI=1S/C34H25N3S2/c1-33(2)24-10-6-8-12-27(24)37(28-13-9-7-11-25(28)33)21-14-15-23-26(17-21)34(3,4)30-31(23)39-29-18-22(38-32(29)30)16-20(19-35)36-5/h6-18H,1-4H3/b20-16-. The largest absolute Gasteiger partial charge is 0.310 e. The summed E-state index contributed by atoms with van der Waals surface area (Å²) in [4.78, 5) is 8.07. The highest BCUT2D eigenvalue weighted by Crippen LogP contribution is 2.59. The second-order valence-electron chi connectivity index (χ2n) is 11.3. The molecule has 0 N–H and O–H groups in total. The number of thiophene rings is 2. The number of para-hydroxylation sites is 2. The van der Waals surface area contributed by atoms with Gasteiger partial charge in [-0.1, -0.05) is 70.2 Å². The second kappa shape index (κ2) is 8.17. The van der Waals surface area contributed by atoms with E-state index in [1.807, 2.05) is 17.4 Å². The zero-order chi connectivity index (χ0) is 27.1. The SMILES string of the molecule is [C-]#[N+]/C(C#N)=C\c1cc2sc3c(c2s1)C(C)(C)c1cc(N2c4ccccc4C(C)(C)c4ccccc42)ccc1-3. The molecule has 5 aromatic rings. The highest BCUT2D eigenvalue weighted by molar-refractivity contribution is 7.30. The number of benzene rings is 3. The summed E-state index contributed by atoms with van der Waals surface area (Å²) in [5, 5.41) is 9.23. The van der Waals surface area contributed by atoms with Crippen molar-refractivity contribution in [1.29, 1.82) is 5.26 Å². The van der Waals surface area contributed by atoms with Crippen molar-refractivity contribution in [2.45, 2.75) is 38.5 Å². The monoisotopic (exact) mass is 539 g/mol. The Kier molecular flexibility index (Phi) is 5.01. The number of nitriles is 1. The summed E-state index contributed by atoms with van der Waals surface area (Å²) in [6.45, 7) is 16.5. The van der Waals surface area contributed by atoms with Crippen LogP contribution in [-0.4, -0.2) is 0 Å². The normalized spacial score (nSPS) is 16.2. The first kappa shape index (κ1) is 23.9. The molecule has 7 rings (SSSR count). The molecule has 5 heteroatoms. The van der Waals surface area contributed by atoms with Gasteiger partial charge in [0.15, 0.2) is 0 Å². The Balaban J connectivity index is 1.39. The van der Waals surface area contributed by atoms with Gasteiger partial charge in [0, 0.05) is 31.0 Å². The number of anilines is 3. The Morgan fingerprint density at radius 1 is 0.872 bits per heavy atom. The van der Waals surface area contributed by atoms with Gasteiger partial charge in [-0.05, 0) is 64.2 Å². The highest BCUT2D eigenvalue weighted by Gasteiger charge is 2.41. The van der Waals surface area contributed by atoms with E-state index in [9.17, 15) is 5.26 Å². The van der Waals surface area contributed by atoms with Crippen LogP contribution in [-0.2, 0) is 10.8 Å². The molecular weight excluding hydrogens is 515 g/mol. The van der Waals surface area contributed by atoms with E-state index in [1.165, 1.54) is 59.2 Å². The lowest BCUT2D eigenvalue weighted by Crippen LogP contribution is -2.30. The predicted molar refractivity (Wildman–Crippen MR) is 164 cm³/mol. The topological polar surface area (TPSA) is 31.4 Å². The zero-order valence-electron chi connectivity index (χ0n) is 22.2. The molecule has 1 aliphatic heterocycles. The zero-order valence-corrected chi connectivity index (χ0v) is 23.8. The van der Waals surface area contributed by atoms with Gasteiger partial charge in [0.05, 0.1) is 28.7 Å². The molecule has 0 spiro atoms. The fourth-order valence-electron chi connectivity index (χ4n) is 6.43. The summed E-state index contributed by atoms with van der Waals surface area (Å²) in [6.07, 6.45) is 1.71. The number of nitrogens with zero attached hydrogens (tertiary/aromatic N) is 3. The first-order valence-electron chi connectivity index (χ1n) is 13.0. The van der Waals surface area contributed by atoms with E-state index in [0.717, 1.165) is 4.88 Å². The van der Waals surface area contributed by atoms with Crippen molar-refractivity contribution in [3.8, 4) is 16.5 Å². The molecule has 0 atom stereocenters. The highest BCUT2D eigenvalue weighted by atomic mass is 32.1. The van der Waals surface area contributed by atoms with Crippen molar-refractivity contribution in [3.05, 3.63) is 117 Å². The minimum Gasteiger partial charge on any atom is -0.310 e. The summed E-state index contributed by atoms with van der Waals surface area (Å²) in [7, 11) is 0. The van der Waals surface area contributed by atoms with Crippen LogP contribution in [0.1, 0.15) is 54.8 Å². The van der Waals surface area contributed by atoms with Crippen molar-refractivity contribution in [3.63, 3.8) is 0 Å². The van der Waals surface area contributed by atoms with Gasteiger partial charge < -0.3 is 4.90 Å². The number of hydrogen-bond acceptors (Lipinski definition) is 4. The van der Waals surface area contributed by atoms with Crippen LogP contribution in [0.3, 0.4) is 0 Å². The van der Waals surface area contributed by atoms with Gasteiger partial charge in [0.1, 0.15) is 0 Å². The summed E-state index contributed by atoms with van der Waals surface area (Å²) in [6, 6.07) is 28.6. The average molecular weight is 540 g/mol.